The SMILES string of the molecule is O=C(CC1CCNCC1)Nc1cncc(-c2cc3c(-c4nc5c(-c6cccc(F)c6)nccc5[nH]4)n[nH]c3cn2)c1. The third-order valence-electron chi connectivity index (χ3n) is 7.42. The van der Waals surface area contributed by atoms with E-state index in [1.807, 2.05) is 18.2 Å². The number of anilines is 1. The van der Waals surface area contributed by atoms with Crippen LogP contribution in [0.25, 0.3) is 56.0 Å². The Morgan fingerprint density at radius 3 is 2.76 bits per heavy atom. The first-order chi connectivity index (χ1) is 20.1. The molecule has 1 aliphatic rings. The average molecular weight is 548 g/mol. The minimum Gasteiger partial charge on any atom is -0.336 e. The molecule has 6 heterocycles. The predicted molar refractivity (Wildman–Crippen MR) is 154 cm³/mol. The van der Waals surface area contributed by atoms with Crippen LogP contribution >= 0.6 is 0 Å². The lowest BCUT2D eigenvalue weighted by molar-refractivity contribution is -0.117. The second-order valence-corrected chi connectivity index (χ2v) is 10.2. The lowest BCUT2D eigenvalue weighted by Crippen LogP contribution is -2.30. The van der Waals surface area contributed by atoms with E-state index in [0.717, 1.165) is 47.9 Å². The van der Waals surface area contributed by atoms with Gasteiger partial charge in [0.2, 0.25) is 5.91 Å². The van der Waals surface area contributed by atoms with E-state index in [0.29, 0.717) is 52.0 Å². The largest absolute Gasteiger partial charge is 0.336 e. The first-order valence-corrected chi connectivity index (χ1v) is 13.5. The minimum atomic E-state index is -0.338. The van der Waals surface area contributed by atoms with Gasteiger partial charge in [0.05, 0.1) is 40.5 Å². The second-order valence-electron chi connectivity index (χ2n) is 10.2. The van der Waals surface area contributed by atoms with Crippen molar-refractivity contribution in [2.45, 2.75) is 19.3 Å². The molecule has 0 aliphatic carbocycles. The van der Waals surface area contributed by atoms with Crippen LogP contribution in [-0.2, 0) is 4.79 Å². The first-order valence-electron chi connectivity index (χ1n) is 13.5. The molecule has 0 bridgehead atoms. The number of rotatable bonds is 6. The fourth-order valence-corrected chi connectivity index (χ4v) is 5.36. The number of aromatic nitrogens is 7. The van der Waals surface area contributed by atoms with E-state index in [1.54, 1.807) is 36.9 Å². The van der Waals surface area contributed by atoms with Crippen LogP contribution in [-0.4, -0.2) is 54.1 Å². The number of aromatic amines is 2. The topological polar surface area (TPSA) is 137 Å². The number of pyridine rings is 3. The Morgan fingerprint density at radius 1 is 0.976 bits per heavy atom. The summed E-state index contributed by atoms with van der Waals surface area (Å²) in [6.45, 7) is 1.91. The van der Waals surface area contributed by atoms with Crippen LogP contribution in [0.4, 0.5) is 10.1 Å². The number of imidazole rings is 1. The van der Waals surface area contributed by atoms with E-state index >= 15 is 0 Å². The summed E-state index contributed by atoms with van der Waals surface area (Å²) in [6, 6.07) is 11.9. The fraction of sp³-hybridized carbons (Fsp3) is 0.200. The molecule has 1 fully saturated rings. The fourth-order valence-electron chi connectivity index (χ4n) is 5.36. The summed E-state index contributed by atoms with van der Waals surface area (Å²) < 4.78 is 13.9. The van der Waals surface area contributed by atoms with Gasteiger partial charge in [-0.1, -0.05) is 12.1 Å². The van der Waals surface area contributed by atoms with Crippen molar-refractivity contribution in [2.75, 3.05) is 18.4 Å². The highest BCUT2D eigenvalue weighted by atomic mass is 19.1. The van der Waals surface area contributed by atoms with Gasteiger partial charge in [0.15, 0.2) is 5.82 Å². The number of piperidine rings is 1. The first kappa shape index (κ1) is 25.0. The average Bonchev–Trinajstić information content (AvgIpc) is 3.61. The summed E-state index contributed by atoms with van der Waals surface area (Å²) in [4.78, 5) is 34.2. The summed E-state index contributed by atoms with van der Waals surface area (Å²) in [6.07, 6.45) is 9.26. The van der Waals surface area contributed by atoms with Crippen LogP contribution in [0, 0.1) is 11.7 Å². The van der Waals surface area contributed by atoms with Gasteiger partial charge in [-0.3, -0.25) is 24.8 Å². The summed E-state index contributed by atoms with van der Waals surface area (Å²) in [5.41, 5.74) is 6.04. The van der Waals surface area contributed by atoms with Gasteiger partial charge in [-0.25, -0.2) is 9.37 Å². The molecule has 0 radical (unpaired) electrons. The Hall–Kier alpha value is -5.03. The highest BCUT2D eigenvalue weighted by molar-refractivity contribution is 5.97. The number of amides is 1. The quantitative estimate of drug-likeness (QED) is 0.228. The maximum absolute atomic E-state index is 13.9. The number of hydrogen-bond donors (Lipinski definition) is 4. The normalized spacial score (nSPS) is 14.1. The van der Waals surface area contributed by atoms with Crippen LogP contribution in [0.5, 0.6) is 0 Å². The van der Waals surface area contributed by atoms with Gasteiger partial charge in [-0.2, -0.15) is 5.10 Å². The molecule has 1 aliphatic heterocycles. The summed E-state index contributed by atoms with van der Waals surface area (Å²) >= 11 is 0. The monoisotopic (exact) mass is 547 g/mol. The van der Waals surface area contributed by atoms with Crippen LogP contribution in [0.1, 0.15) is 19.3 Å². The standard InChI is InChI=1S/C30H26FN9O/c31-20-3-1-2-18(11-20)27-29-23(6-9-34-27)37-30(38-29)28-22-13-24(35-16-25(22)39-40-28)19-12-21(15-33-14-19)36-26(41)10-17-4-7-32-8-5-17/h1-3,6,9,11-17,32H,4-5,7-8,10H2,(H,36,41)(H,37,38)(H,39,40). The van der Waals surface area contributed by atoms with Crippen molar-refractivity contribution in [3.8, 4) is 34.0 Å². The zero-order chi connectivity index (χ0) is 27.8. The van der Waals surface area contributed by atoms with Crippen molar-refractivity contribution in [1.29, 1.82) is 0 Å². The molecule has 6 aromatic rings. The zero-order valence-corrected chi connectivity index (χ0v) is 22.0. The molecule has 1 saturated heterocycles. The minimum absolute atomic E-state index is 0.00614. The molecule has 5 aromatic heterocycles. The smallest absolute Gasteiger partial charge is 0.224 e. The molecule has 0 unspecified atom stereocenters. The third kappa shape index (κ3) is 5.03. The van der Waals surface area contributed by atoms with E-state index in [1.165, 1.54) is 12.1 Å². The van der Waals surface area contributed by atoms with Gasteiger partial charge in [-0.15, -0.1) is 0 Å². The maximum Gasteiger partial charge on any atom is 0.224 e. The van der Waals surface area contributed by atoms with Crippen LogP contribution in [0.2, 0.25) is 0 Å². The Balaban J connectivity index is 1.19. The Kier molecular flexibility index (Phi) is 6.40. The number of carbonyl (C=O) groups is 1. The highest BCUT2D eigenvalue weighted by Gasteiger charge is 2.19. The number of carbonyl (C=O) groups excluding carboxylic acids is 1. The van der Waals surface area contributed by atoms with Gasteiger partial charge in [-0.05, 0) is 62.2 Å². The molecule has 204 valence electrons. The lowest BCUT2D eigenvalue weighted by Gasteiger charge is -2.21. The number of hydrogen-bond acceptors (Lipinski definition) is 7. The molecule has 0 atom stereocenters. The van der Waals surface area contributed by atoms with Crippen LogP contribution in [0.3, 0.4) is 0 Å². The van der Waals surface area contributed by atoms with E-state index < -0.39 is 0 Å². The van der Waals surface area contributed by atoms with Crippen molar-refractivity contribution in [1.82, 2.24) is 40.4 Å². The van der Waals surface area contributed by atoms with Gasteiger partial charge in [0.25, 0.3) is 0 Å². The number of H-pyrrole nitrogens is 2. The molecular formula is C30H26FN9O. The summed E-state index contributed by atoms with van der Waals surface area (Å²) in [5, 5.41) is 14.7. The molecule has 10 nitrogen and oxygen atoms in total. The zero-order valence-electron chi connectivity index (χ0n) is 22.0. The molecule has 1 amide bonds. The summed E-state index contributed by atoms with van der Waals surface area (Å²) in [5.74, 6) is 0.602. The van der Waals surface area contributed by atoms with E-state index in [9.17, 15) is 9.18 Å². The molecule has 11 heteroatoms. The lowest BCUT2D eigenvalue weighted by atomic mass is 9.94. The molecular weight excluding hydrogens is 521 g/mol. The van der Waals surface area contributed by atoms with Crippen molar-refractivity contribution >= 4 is 33.5 Å². The van der Waals surface area contributed by atoms with Crippen molar-refractivity contribution in [3.05, 3.63) is 73.1 Å². The van der Waals surface area contributed by atoms with Gasteiger partial charge < -0.3 is 15.6 Å². The van der Waals surface area contributed by atoms with Gasteiger partial charge in [0.1, 0.15) is 17.0 Å². The Morgan fingerprint density at radius 2 is 1.88 bits per heavy atom. The molecule has 0 saturated carbocycles. The Bertz CT molecular complexity index is 1890. The number of nitrogens with one attached hydrogen (secondary N) is 4. The Labute approximate surface area is 233 Å². The van der Waals surface area contributed by atoms with E-state index in [-0.39, 0.29) is 11.7 Å². The van der Waals surface area contributed by atoms with Crippen LogP contribution in [0.15, 0.2) is 67.3 Å². The van der Waals surface area contributed by atoms with Crippen molar-refractivity contribution in [3.63, 3.8) is 0 Å². The summed E-state index contributed by atoms with van der Waals surface area (Å²) in [7, 11) is 0. The third-order valence-corrected chi connectivity index (χ3v) is 7.42. The maximum atomic E-state index is 13.9. The van der Waals surface area contributed by atoms with Crippen LogP contribution < -0.4 is 10.6 Å². The number of fused-ring (bicyclic) bond motifs is 2. The van der Waals surface area contributed by atoms with E-state index in [4.69, 9.17) is 4.98 Å². The highest BCUT2D eigenvalue weighted by Crippen LogP contribution is 2.32. The molecule has 41 heavy (non-hydrogen) atoms. The molecule has 7 rings (SSSR count). The number of nitrogens with zero attached hydrogens (tertiary/aromatic N) is 5. The molecule has 1 aromatic carbocycles. The predicted octanol–water partition coefficient (Wildman–Crippen LogP) is 5.09. The van der Waals surface area contributed by atoms with E-state index in [2.05, 4.69) is 40.8 Å². The van der Waals surface area contributed by atoms with Gasteiger partial charge in [0, 0.05) is 35.3 Å². The molecule has 4 N–H and O–H groups in total. The number of benzene rings is 1. The van der Waals surface area contributed by atoms with Gasteiger partial charge >= 0.3 is 0 Å². The second kappa shape index (κ2) is 10.5. The molecule has 0 spiro atoms. The number of halogens is 1. The van der Waals surface area contributed by atoms with Crippen molar-refractivity contribution < 1.29 is 9.18 Å². The van der Waals surface area contributed by atoms with Crippen molar-refractivity contribution in [2.24, 2.45) is 5.92 Å².